The number of nitriles is 2. The number of hydrogen-bond acceptors (Lipinski definition) is 25. The molecule has 4 aliphatic carbocycles. The summed E-state index contributed by atoms with van der Waals surface area (Å²) in [6, 6.07) is 26.8. The summed E-state index contributed by atoms with van der Waals surface area (Å²) < 4.78 is 89.6. The number of halogens is 5. The quantitative estimate of drug-likeness (QED) is 0.0481. The van der Waals surface area contributed by atoms with E-state index in [9.17, 15) is 68.9 Å². The van der Waals surface area contributed by atoms with Gasteiger partial charge in [-0.2, -0.15) is 10.5 Å². The van der Waals surface area contributed by atoms with Crippen LogP contribution in [0.15, 0.2) is 139 Å². The predicted octanol–water partition coefficient (Wildman–Crippen LogP) is 8.48. The van der Waals surface area contributed by atoms with Gasteiger partial charge in [-0.15, -0.1) is 0 Å². The van der Waals surface area contributed by atoms with Crippen molar-refractivity contribution < 1.29 is 77.4 Å². The average Bonchev–Trinajstić information content (AvgIpc) is 1.61. The van der Waals surface area contributed by atoms with Crippen LogP contribution in [0.2, 0.25) is 0 Å². The highest BCUT2D eigenvalue weighted by Crippen LogP contribution is 2.46. The van der Waals surface area contributed by atoms with Gasteiger partial charge in [-0.3, -0.25) is 0 Å². The van der Waals surface area contributed by atoms with Crippen LogP contribution in [0.25, 0.3) is 44.1 Å². The third-order valence-electron chi connectivity index (χ3n) is 25.6. The highest BCUT2D eigenvalue weighted by atomic mass is 79.9. The first-order chi connectivity index (χ1) is 59.6. The molecular formula is C90H96BrF4N17O12. The molecule has 20 rings (SSSR count). The van der Waals surface area contributed by atoms with E-state index in [2.05, 4.69) is 82.0 Å². The molecule has 4 aliphatic heterocycles. The third-order valence-corrected chi connectivity index (χ3v) is 26.2. The first-order valence-electron chi connectivity index (χ1n) is 41.4. The zero-order valence-electron chi connectivity index (χ0n) is 68.0. The molecule has 0 saturated heterocycles. The van der Waals surface area contributed by atoms with Crippen molar-refractivity contribution in [2.75, 3.05) is 50.4 Å². The number of hydrogen-bond donors (Lipinski definition) is 14. The number of pyridine rings is 4. The SMILES string of the molecule is CC(F)(F)c1cc2c(c(O[C@H]3C[C@@H](n4ccc5c(N)ccnc54)[C@H](O)[C@@H]3O)c1)CNCC2.CN1CCc2c(cccc2O[C@H]2C[C@@H](n3cc(F)c4c(N)ccnc43)[C@H](O)[C@@H]2O)C1.Cc1ccnc2c1c(F)cn2[C@@H]1C[C@H](Oc2cc(C#N)cc3c2CNCC3)[C@@H](O)[C@H]1O.N#Cc1cc2c(c(O[C@H]3C[C@@H](n4cc(Br)c5c(N)ccnc54)[C@H](O)[C@@H]3O)c1)CNCC2. The lowest BCUT2D eigenvalue weighted by Gasteiger charge is -2.28. The molecular weight excluding hydrogens is 1670 g/mol. The van der Waals surface area contributed by atoms with E-state index in [0.29, 0.717) is 113 Å². The van der Waals surface area contributed by atoms with E-state index in [4.69, 9.17) is 36.1 Å². The van der Waals surface area contributed by atoms with E-state index in [0.717, 1.165) is 118 Å². The monoisotopic (exact) mass is 1760 g/mol. The van der Waals surface area contributed by atoms with Crippen molar-refractivity contribution in [2.45, 2.75) is 195 Å². The van der Waals surface area contributed by atoms with Gasteiger partial charge in [0, 0.05) is 164 Å². The minimum Gasteiger partial charge on any atom is -0.487 e. The van der Waals surface area contributed by atoms with Crippen LogP contribution in [0.3, 0.4) is 0 Å². The van der Waals surface area contributed by atoms with E-state index in [1.165, 1.54) is 42.4 Å². The summed E-state index contributed by atoms with van der Waals surface area (Å²) in [5, 5.41) is 117. The van der Waals surface area contributed by atoms with E-state index in [-0.39, 0.29) is 29.5 Å². The fourth-order valence-electron chi connectivity index (χ4n) is 19.0. The van der Waals surface area contributed by atoms with Crippen LogP contribution in [0.1, 0.15) is 124 Å². The van der Waals surface area contributed by atoms with Gasteiger partial charge < -0.3 is 116 Å². The van der Waals surface area contributed by atoms with Crippen molar-refractivity contribution in [3.8, 4) is 35.1 Å². The molecule has 8 aromatic heterocycles. The number of aromatic nitrogens is 8. The van der Waals surface area contributed by atoms with Gasteiger partial charge >= 0.3 is 0 Å². The summed E-state index contributed by atoms with van der Waals surface area (Å²) >= 11 is 3.52. The number of nitrogens with two attached hydrogens (primary N) is 3. The second-order valence-corrected chi connectivity index (χ2v) is 34.3. The Balaban J connectivity index is 0.000000117. The van der Waals surface area contributed by atoms with Crippen LogP contribution in [0.5, 0.6) is 23.0 Å². The predicted molar refractivity (Wildman–Crippen MR) is 456 cm³/mol. The fraction of sp³-hybridized carbons (Fsp3) is 0.400. The molecule has 17 N–H and O–H groups in total. The highest BCUT2D eigenvalue weighted by molar-refractivity contribution is 9.10. The second-order valence-electron chi connectivity index (χ2n) is 33.4. The Morgan fingerprint density at radius 1 is 0.476 bits per heavy atom. The summed E-state index contributed by atoms with van der Waals surface area (Å²) in [5.41, 5.74) is 31.3. The van der Waals surface area contributed by atoms with Crippen molar-refractivity contribution in [2.24, 2.45) is 0 Å². The topological polar surface area (TPSA) is 435 Å². The van der Waals surface area contributed by atoms with Crippen molar-refractivity contribution in [3.05, 3.63) is 217 Å². The van der Waals surface area contributed by atoms with E-state index < -0.39 is 115 Å². The maximum absolute atomic E-state index is 14.6. The second kappa shape index (κ2) is 34.8. The lowest BCUT2D eigenvalue weighted by Crippen LogP contribution is -2.35. The molecule has 8 aliphatic rings. The Kier molecular flexibility index (Phi) is 23.9. The van der Waals surface area contributed by atoms with Crippen LogP contribution in [-0.4, -0.2) is 190 Å². The van der Waals surface area contributed by atoms with Crippen molar-refractivity contribution in [1.29, 1.82) is 10.5 Å². The van der Waals surface area contributed by atoms with E-state index >= 15 is 0 Å². The number of ether oxygens (including phenoxy) is 4. The van der Waals surface area contributed by atoms with Crippen LogP contribution in [0.4, 0.5) is 34.6 Å². The Morgan fingerprint density at radius 2 is 0.895 bits per heavy atom. The number of fused-ring (bicyclic) bond motifs is 8. The number of nitrogens with one attached hydrogen (secondary N) is 3. The van der Waals surface area contributed by atoms with Gasteiger partial charge in [0.2, 0.25) is 0 Å². The maximum atomic E-state index is 14.6. The maximum Gasteiger partial charge on any atom is 0.270 e. The number of aliphatic hydroxyl groups excluding tert-OH is 8. The van der Waals surface area contributed by atoms with Gasteiger partial charge in [0.15, 0.2) is 11.6 Å². The molecule has 4 fully saturated rings. The minimum atomic E-state index is -3.01. The van der Waals surface area contributed by atoms with Gasteiger partial charge in [-0.1, -0.05) is 12.1 Å². The number of aliphatic hydroxyl groups is 8. The third kappa shape index (κ3) is 16.2. The molecule has 4 aromatic carbocycles. The molecule has 29 nitrogen and oxygen atoms in total. The first kappa shape index (κ1) is 85.1. The molecule has 124 heavy (non-hydrogen) atoms. The highest BCUT2D eigenvalue weighted by Gasteiger charge is 2.50. The molecule has 4 saturated carbocycles. The number of anilines is 3. The number of rotatable bonds is 13. The lowest BCUT2D eigenvalue weighted by molar-refractivity contribution is -0.0170. The molecule has 0 bridgehead atoms. The molecule has 12 aromatic rings. The average molecular weight is 1760 g/mol. The number of nitrogens with zero attached hydrogens (tertiary/aromatic N) is 11. The number of alkyl halides is 2. The zero-order chi connectivity index (χ0) is 87.0. The molecule has 0 unspecified atom stereocenters. The van der Waals surface area contributed by atoms with Crippen LogP contribution in [-0.2, 0) is 57.8 Å². The molecule has 648 valence electrons. The van der Waals surface area contributed by atoms with Gasteiger partial charge in [-0.25, -0.2) is 37.5 Å². The molecule has 0 spiro atoms. The van der Waals surface area contributed by atoms with Gasteiger partial charge in [0.25, 0.3) is 5.92 Å². The van der Waals surface area contributed by atoms with Crippen LogP contribution >= 0.6 is 15.9 Å². The largest absolute Gasteiger partial charge is 0.487 e. The first-order valence-corrected chi connectivity index (χ1v) is 42.2. The number of aryl methyl sites for hydroxylation is 1. The van der Waals surface area contributed by atoms with Crippen LogP contribution in [0, 0.1) is 41.2 Å². The zero-order valence-corrected chi connectivity index (χ0v) is 69.6. The Bertz CT molecular complexity index is 5940. The van der Waals surface area contributed by atoms with Gasteiger partial charge in [0.05, 0.1) is 63.6 Å². The summed E-state index contributed by atoms with van der Waals surface area (Å²) in [7, 11) is 2.08. The molecule has 0 radical (unpaired) electrons. The standard InChI is InChI=1S/C23H26F2N4O3.C23H23FN4O3.C22H22BrN5O3.C22H25FN4O3/c1-23(24,25)13-8-12-2-5-27-11-15(12)18(9-13)32-19-10-17(20(30)21(19)31)29-7-4-14-16(26)3-6-28-22(14)29;1-12-2-5-27-23-20(12)16(24)11-28(23)17-8-19(22(30)21(17)29)31-18-7-13(9-25)6-14-3-4-26-10-15(14)18;23-14-10-28(22-19(14)15(25)2-4-27-22)16-7-18(21(30)20(16)29)31-17-6-11(8-24)5-12-1-3-26-9-13(12)17;1-26-8-6-13-12(10-26)3-2-4-17(13)30-18-9-16(20(28)21(18)29)27-11-14(23)19-15(24)5-7-25-22(19)27/h3-4,6-9,17,19-21,27,30-31H,2,5,10-11H2,1H3,(H2,26,28);2,5-7,11,17,19,21-22,26,29-30H,3-4,8,10H2,1H3;2,4-6,10,16,18,20-21,26,29-30H,1,3,7,9H2,(H2,25,27);2-5,7,11,16,18,20-21,28-29H,6,8-10H2,1H3,(H2,24,25)/t17-,19+,20+,21-;17-,19+,21+,22-;2*16-,18+,20+,21-/m1111/s1. The summed E-state index contributed by atoms with van der Waals surface area (Å²) in [6.45, 7) is 8.59. The minimum absolute atomic E-state index is 0.117. The summed E-state index contributed by atoms with van der Waals surface area (Å²) in [5.74, 6) is -1.73. The number of likely N-dealkylation sites (N-methyl/N-ethyl adjacent to an activating group) is 1. The van der Waals surface area contributed by atoms with E-state index in [1.807, 2.05) is 48.0 Å². The Morgan fingerprint density at radius 3 is 1.40 bits per heavy atom. The summed E-state index contributed by atoms with van der Waals surface area (Å²) in [6.07, 6.45) is 5.29. The van der Waals surface area contributed by atoms with Crippen LogP contribution < -0.4 is 52.1 Å². The normalized spacial score (nSPS) is 25.8. The van der Waals surface area contributed by atoms with Gasteiger partial charge in [0.1, 0.15) is 119 Å². The summed E-state index contributed by atoms with van der Waals surface area (Å²) in [4.78, 5) is 19.6. The number of benzene rings is 4. The molecule has 34 heteroatoms. The smallest absolute Gasteiger partial charge is 0.270 e. The van der Waals surface area contributed by atoms with Crippen molar-refractivity contribution in [1.82, 2.24) is 59.1 Å². The van der Waals surface area contributed by atoms with Crippen molar-refractivity contribution in [3.63, 3.8) is 0 Å². The molecule has 12 heterocycles. The number of nitrogen functional groups attached to an aromatic ring is 3. The van der Waals surface area contributed by atoms with Crippen molar-refractivity contribution >= 4 is 77.1 Å². The van der Waals surface area contributed by atoms with Gasteiger partial charge in [-0.05, 0) is 181 Å². The fourth-order valence-corrected chi connectivity index (χ4v) is 19.6. The van der Waals surface area contributed by atoms with E-state index in [1.54, 1.807) is 68.8 Å². The lowest BCUT2D eigenvalue weighted by atomic mass is 9.95. The molecule has 0 amide bonds. The Labute approximate surface area is 718 Å². The Hall–Kier alpha value is -11.1. The molecule has 16 atom stereocenters.